The molecule has 2 aromatic rings. The molecular weight excluding hydrogens is 311 g/mol. The van der Waals surface area contributed by atoms with Gasteiger partial charge in [0.1, 0.15) is 5.82 Å². The van der Waals surface area contributed by atoms with Gasteiger partial charge in [-0.25, -0.2) is 14.2 Å². The molecule has 0 saturated carbocycles. The van der Waals surface area contributed by atoms with Crippen LogP contribution in [-0.2, 0) is 9.53 Å². The van der Waals surface area contributed by atoms with E-state index in [-0.39, 0.29) is 10.7 Å². The fourth-order valence-electron chi connectivity index (χ4n) is 1.62. The van der Waals surface area contributed by atoms with Crippen LogP contribution in [0.2, 0.25) is 5.15 Å². The Morgan fingerprint density at radius 2 is 2.00 bits per heavy atom. The normalized spacial score (nSPS) is 11.6. The van der Waals surface area contributed by atoms with Crippen molar-refractivity contribution in [1.29, 1.82) is 0 Å². The molecule has 0 radical (unpaired) electrons. The number of nitrogens with zero attached hydrogens (tertiary/aromatic N) is 1. The molecule has 7 heteroatoms. The molecule has 0 unspecified atom stereocenters. The molecular formula is C15H12ClFN2O3. The number of hydrogen-bond donors (Lipinski definition) is 1. The molecule has 0 spiro atoms. The van der Waals surface area contributed by atoms with Crippen molar-refractivity contribution in [3.63, 3.8) is 0 Å². The number of aromatic nitrogens is 1. The average molecular weight is 323 g/mol. The van der Waals surface area contributed by atoms with E-state index in [4.69, 9.17) is 16.3 Å². The number of carbonyl (C=O) groups excluding carboxylic acids is 2. The number of ether oxygens (including phenoxy) is 1. The summed E-state index contributed by atoms with van der Waals surface area (Å²) in [6.45, 7) is 1.37. The van der Waals surface area contributed by atoms with E-state index in [1.54, 1.807) is 12.1 Å². The molecule has 0 aliphatic carbocycles. The summed E-state index contributed by atoms with van der Waals surface area (Å²) in [5, 5.41) is 2.59. The zero-order valence-electron chi connectivity index (χ0n) is 11.5. The molecule has 0 aliphatic rings. The van der Waals surface area contributed by atoms with Crippen LogP contribution in [-0.4, -0.2) is 23.0 Å². The maximum Gasteiger partial charge on any atom is 0.341 e. The number of rotatable bonds is 4. The van der Waals surface area contributed by atoms with Crippen molar-refractivity contribution in [2.45, 2.75) is 13.0 Å². The molecule has 1 atom stereocenters. The maximum atomic E-state index is 13.5. The number of pyridine rings is 1. The zero-order chi connectivity index (χ0) is 16.1. The lowest BCUT2D eigenvalue weighted by atomic mass is 10.2. The second-order valence-corrected chi connectivity index (χ2v) is 4.72. The first-order chi connectivity index (χ1) is 10.5. The van der Waals surface area contributed by atoms with Gasteiger partial charge in [0.15, 0.2) is 11.3 Å². The van der Waals surface area contributed by atoms with Gasteiger partial charge in [0.25, 0.3) is 5.91 Å². The van der Waals surface area contributed by atoms with Crippen molar-refractivity contribution in [3.8, 4) is 0 Å². The minimum absolute atomic E-state index is 0.114. The van der Waals surface area contributed by atoms with E-state index in [0.29, 0.717) is 5.69 Å². The SMILES string of the molecule is C[C@@H](OC(=O)c1ccccc1F)C(=O)Nc1cccnc1Cl. The fourth-order valence-corrected chi connectivity index (χ4v) is 1.78. The Kier molecular flexibility index (Phi) is 5.06. The van der Waals surface area contributed by atoms with Crippen molar-refractivity contribution >= 4 is 29.2 Å². The number of nitrogens with one attached hydrogen (secondary N) is 1. The third kappa shape index (κ3) is 3.79. The zero-order valence-corrected chi connectivity index (χ0v) is 12.3. The molecule has 2 rings (SSSR count). The minimum Gasteiger partial charge on any atom is -0.449 e. The van der Waals surface area contributed by atoms with Gasteiger partial charge in [-0.3, -0.25) is 4.79 Å². The lowest BCUT2D eigenvalue weighted by Crippen LogP contribution is -2.30. The van der Waals surface area contributed by atoms with Gasteiger partial charge in [0, 0.05) is 6.20 Å². The predicted molar refractivity (Wildman–Crippen MR) is 79.2 cm³/mol. The second-order valence-electron chi connectivity index (χ2n) is 4.36. The van der Waals surface area contributed by atoms with Gasteiger partial charge >= 0.3 is 5.97 Å². The van der Waals surface area contributed by atoms with Gasteiger partial charge in [-0.05, 0) is 31.2 Å². The fraction of sp³-hybridized carbons (Fsp3) is 0.133. The lowest BCUT2D eigenvalue weighted by molar-refractivity contribution is -0.123. The van der Waals surface area contributed by atoms with Crippen LogP contribution in [0, 0.1) is 5.82 Å². The molecule has 114 valence electrons. The van der Waals surface area contributed by atoms with Crippen LogP contribution in [0.1, 0.15) is 17.3 Å². The largest absolute Gasteiger partial charge is 0.449 e. The van der Waals surface area contributed by atoms with Gasteiger partial charge < -0.3 is 10.1 Å². The van der Waals surface area contributed by atoms with E-state index in [2.05, 4.69) is 10.3 Å². The number of halogens is 2. The molecule has 0 fully saturated rings. The van der Waals surface area contributed by atoms with Crippen LogP contribution in [0.4, 0.5) is 10.1 Å². The first-order valence-electron chi connectivity index (χ1n) is 6.36. The Balaban J connectivity index is 2.01. The lowest BCUT2D eigenvalue weighted by Gasteiger charge is -2.14. The van der Waals surface area contributed by atoms with Gasteiger partial charge in [-0.2, -0.15) is 0 Å². The molecule has 1 aromatic carbocycles. The molecule has 1 aromatic heterocycles. The van der Waals surface area contributed by atoms with Crippen molar-refractivity contribution < 1.29 is 18.7 Å². The van der Waals surface area contributed by atoms with Crippen LogP contribution >= 0.6 is 11.6 Å². The maximum absolute atomic E-state index is 13.5. The van der Waals surface area contributed by atoms with Crippen molar-refractivity contribution in [1.82, 2.24) is 4.98 Å². The molecule has 0 aliphatic heterocycles. The summed E-state index contributed by atoms with van der Waals surface area (Å²) in [4.78, 5) is 27.6. The summed E-state index contributed by atoms with van der Waals surface area (Å²) >= 11 is 5.81. The van der Waals surface area contributed by atoms with Gasteiger partial charge in [-0.15, -0.1) is 0 Å². The monoisotopic (exact) mass is 322 g/mol. The van der Waals surface area contributed by atoms with E-state index in [9.17, 15) is 14.0 Å². The first kappa shape index (κ1) is 15.9. The van der Waals surface area contributed by atoms with Crippen LogP contribution in [0.25, 0.3) is 0 Å². The summed E-state index contributed by atoms with van der Waals surface area (Å²) in [7, 11) is 0. The molecule has 0 bridgehead atoms. The van der Waals surface area contributed by atoms with Gasteiger partial charge in [0.2, 0.25) is 0 Å². The van der Waals surface area contributed by atoms with Crippen LogP contribution in [0.15, 0.2) is 42.6 Å². The van der Waals surface area contributed by atoms with E-state index < -0.39 is 23.8 Å². The summed E-state index contributed by atoms with van der Waals surface area (Å²) in [5.74, 6) is -2.23. The Morgan fingerprint density at radius 1 is 1.27 bits per heavy atom. The number of esters is 1. The predicted octanol–water partition coefficient (Wildman–Crippen LogP) is 3.06. The van der Waals surface area contributed by atoms with Crippen molar-refractivity contribution in [2.24, 2.45) is 0 Å². The van der Waals surface area contributed by atoms with Gasteiger partial charge in [-0.1, -0.05) is 23.7 Å². The third-order valence-corrected chi connectivity index (χ3v) is 3.06. The van der Waals surface area contributed by atoms with Crippen LogP contribution < -0.4 is 5.32 Å². The highest BCUT2D eigenvalue weighted by Gasteiger charge is 2.21. The molecule has 1 N–H and O–H groups in total. The quantitative estimate of drug-likeness (QED) is 0.694. The highest BCUT2D eigenvalue weighted by atomic mass is 35.5. The topological polar surface area (TPSA) is 68.3 Å². The molecule has 5 nitrogen and oxygen atoms in total. The van der Waals surface area contributed by atoms with Crippen molar-refractivity contribution in [2.75, 3.05) is 5.32 Å². The van der Waals surface area contributed by atoms with E-state index in [1.807, 2.05) is 0 Å². The first-order valence-corrected chi connectivity index (χ1v) is 6.73. The van der Waals surface area contributed by atoms with Crippen LogP contribution in [0.3, 0.4) is 0 Å². The van der Waals surface area contributed by atoms with Gasteiger partial charge in [0.05, 0.1) is 11.3 Å². The number of carbonyl (C=O) groups is 2. The number of anilines is 1. The molecule has 22 heavy (non-hydrogen) atoms. The number of benzene rings is 1. The highest BCUT2D eigenvalue weighted by molar-refractivity contribution is 6.32. The highest BCUT2D eigenvalue weighted by Crippen LogP contribution is 2.18. The minimum atomic E-state index is -1.12. The summed E-state index contributed by atoms with van der Waals surface area (Å²) < 4.78 is 18.4. The summed E-state index contributed by atoms with van der Waals surface area (Å²) in [6, 6.07) is 8.51. The molecule has 1 amide bonds. The second kappa shape index (κ2) is 7.00. The smallest absolute Gasteiger partial charge is 0.341 e. The number of hydrogen-bond acceptors (Lipinski definition) is 4. The standard InChI is InChI=1S/C15H12ClFN2O3/c1-9(14(20)19-12-7-4-8-18-13(12)16)22-15(21)10-5-2-3-6-11(10)17/h2-9H,1H3,(H,19,20)/t9-/m1/s1. The number of amides is 1. The Labute approximate surface area is 131 Å². The third-order valence-electron chi connectivity index (χ3n) is 2.76. The van der Waals surface area contributed by atoms with Crippen molar-refractivity contribution in [3.05, 3.63) is 59.1 Å². The summed E-state index contributed by atoms with van der Waals surface area (Å²) in [6.07, 6.45) is 0.350. The van der Waals surface area contributed by atoms with E-state index >= 15 is 0 Å². The van der Waals surface area contributed by atoms with Crippen LogP contribution in [0.5, 0.6) is 0 Å². The molecule has 0 saturated heterocycles. The van der Waals surface area contributed by atoms with E-state index in [0.717, 1.165) is 6.07 Å². The van der Waals surface area contributed by atoms with E-state index in [1.165, 1.54) is 31.3 Å². The molecule has 1 heterocycles. The summed E-state index contributed by atoms with van der Waals surface area (Å²) in [5.41, 5.74) is 0.0597. The Bertz CT molecular complexity index is 709. The average Bonchev–Trinajstić information content (AvgIpc) is 2.49. The Hall–Kier alpha value is -2.47. The Morgan fingerprint density at radius 3 is 2.68 bits per heavy atom.